The first-order chi connectivity index (χ1) is 16.4. The topological polar surface area (TPSA) is 40.6 Å². The first-order valence-electron chi connectivity index (χ1n) is 13.2. The normalized spacial score (nSPS) is 20.2. The third-order valence-corrected chi connectivity index (χ3v) is 12.4. The van der Waals surface area contributed by atoms with Crippen molar-refractivity contribution >= 4 is 25.7 Å². The van der Waals surface area contributed by atoms with Gasteiger partial charge in [0.05, 0.1) is 17.3 Å². The average Bonchev–Trinajstić information content (AvgIpc) is 3.19. The molecule has 2 rings (SSSR count). The first kappa shape index (κ1) is 30.4. The molecule has 0 saturated carbocycles. The van der Waals surface area contributed by atoms with Gasteiger partial charge in [0.1, 0.15) is 11.9 Å². The number of allylic oxidation sites excluding steroid dienone is 1. The molecule has 35 heavy (non-hydrogen) atoms. The monoisotopic (exact) mass is 525 g/mol. The van der Waals surface area contributed by atoms with Crippen LogP contribution in [0.2, 0.25) is 18.1 Å². The molecule has 4 nitrogen and oxygen atoms in total. The standard InChI is InChI=1S/C28H48FNO3SSi/c1-21(12-11-13-22(2)19-32-27-14-9-10-17-31-27)15-16-26(33-35(7,8)28(4,5)6)25(29)18-24-20-34-23(3)30-24/h15,18,20,22,26-27H,9-14,16-17,19H2,1-8H3/t22-,26-,27?/m0/s1. The van der Waals surface area contributed by atoms with Gasteiger partial charge in [-0.1, -0.05) is 39.3 Å². The maximum Gasteiger partial charge on any atom is 0.193 e. The van der Waals surface area contributed by atoms with E-state index in [4.69, 9.17) is 13.9 Å². The van der Waals surface area contributed by atoms with Crippen LogP contribution < -0.4 is 0 Å². The van der Waals surface area contributed by atoms with Gasteiger partial charge < -0.3 is 13.9 Å². The summed E-state index contributed by atoms with van der Waals surface area (Å²) in [7, 11) is -2.13. The van der Waals surface area contributed by atoms with Gasteiger partial charge >= 0.3 is 0 Å². The zero-order chi connectivity index (χ0) is 26.1. The largest absolute Gasteiger partial charge is 0.407 e. The van der Waals surface area contributed by atoms with Crippen molar-refractivity contribution < 1.29 is 18.3 Å². The summed E-state index contributed by atoms with van der Waals surface area (Å²) in [4.78, 5) is 4.40. The van der Waals surface area contributed by atoms with Crippen LogP contribution in [0.25, 0.3) is 6.08 Å². The summed E-state index contributed by atoms with van der Waals surface area (Å²) in [6, 6.07) is 0. The lowest BCUT2D eigenvalue weighted by Gasteiger charge is -2.38. The van der Waals surface area contributed by atoms with Crippen LogP contribution in [-0.4, -0.2) is 38.9 Å². The maximum atomic E-state index is 15.4. The van der Waals surface area contributed by atoms with Gasteiger partial charge in [0.2, 0.25) is 0 Å². The second kappa shape index (κ2) is 14.2. The highest BCUT2D eigenvalue weighted by Crippen LogP contribution is 2.39. The molecule has 200 valence electrons. The molecule has 1 unspecified atom stereocenters. The lowest BCUT2D eigenvalue weighted by molar-refractivity contribution is -0.168. The molecule has 0 amide bonds. The molecule has 1 fully saturated rings. The van der Waals surface area contributed by atoms with E-state index in [0.717, 1.165) is 50.3 Å². The van der Waals surface area contributed by atoms with Gasteiger partial charge in [0.15, 0.2) is 14.6 Å². The zero-order valence-electron chi connectivity index (χ0n) is 23.3. The van der Waals surface area contributed by atoms with Crippen molar-refractivity contribution in [3.8, 4) is 0 Å². The number of ether oxygens (including phenoxy) is 2. The first-order valence-corrected chi connectivity index (χ1v) is 17.0. The predicted molar refractivity (Wildman–Crippen MR) is 149 cm³/mol. The van der Waals surface area contributed by atoms with E-state index in [1.807, 2.05) is 12.3 Å². The number of aromatic nitrogens is 1. The second-order valence-electron chi connectivity index (χ2n) is 11.6. The minimum atomic E-state index is -2.13. The minimum Gasteiger partial charge on any atom is -0.407 e. The van der Waals surface area contributed by atoms with Gasteiger partial charge in [-0.25, -0.2) is 9.37 Å². The molecule has 0 bridgehead atoms. The summed E-state index contributed by atoms with van der Waals surface area (Å²) in [6.45, 7) is 18.8. The number of thiazole rings is 1. The number of hydrogen-bond acceptors (Lipinski definition) is 5. The number of rotatable bonds is 13. The Morgan fingerprint density at radius 3 is 2.69 bits per heavy atom. The maximum absolute atomic E-state index is 15.4. The second-order valence-corrected chi connectivity index (χ2v) is 17.4. The summed E-state index contributed by atoms with van der Waals surface area (Å²) < 4.78 is 33.5. The van der Waals surface area contributed by atoms with Crippen LogP contribution >= 0.6 is 11.3 Å². The Morgan fingerprint density at radius 2 is 2.09 bits per heavy atom. The highest BCUT2D eigenvalue weighted by atomic mass is 32.1. The Hall–Kier alpha value is -0.863. The van der Waals surface area contributed by atoms with E-state index in [-0.39, 0.29) is 17.2 Å². The SMILES string of the molecule is CC(=CC[C@H](O[Si](C)(C)C(C)(C)C)C(F)=Cc1csc(C)n1)CCC[C@H](C)COC1CCCCO1. The van der Waals surface area contributed by atoms with Crippen molar-refractivity contribution in [1.29, 1.82) is 0 Å². The number of hydrogen-bond donors (Lipinski definition) is 0. The molecule has 0 radical (unpaired) electrons. The van der Waals surface area contributed by atoms with Crippen molar-refractivity contribution in [2.45, 2.75) is 117 Å². The molecule has 1 saturated heterocycles. The molecule has 0 spiro atoms. The Morgan fingerprint density at radius 1 is 1.34 bits per heavy atom. The van der Waals surface area contributed by atoms with E-state index < -0.39 is 14.4 Å². The molecule has 1 aromatic rings. The Balaban J connectivity index is 1.91. The van der Waals surface area contributed by atoms with E-state index in [9.17, 15) is 0 Å². The summed E-state index contributed by atoms with van der Waals surface area (Å²) in [5, 5.41) is 2.85. The van der Waals surface area contributed by atoms with Gasteiger partial charge in [0, 0.05) is 12.0 Å². The van der Waals surface area contributed by atoms with E-state index in [2.05, 4.69) is 58.8 Å². The van der Waals surface area contributed by atoms with Crippen molar-refractivity contribution in [3.05, 3.63) is 33.6 Å². The molecule has 0 aromatic carbocycles. The molecule has 1 aromatic heterocycles. The van der Waals surface area contributed by atoms with Crippen molar-refractivity contribution in [3.63, 3.8) is 0 Å². The van der Waals surface area contributed by atoms with Crippen LogP contribution in [0.3, 0.4) is 0 Å². The molecule has 0 aliphatic carbocycles. The Labute approximate surface area is 218 Å². The van der Waals surface area contributed by atoms with Crippen molar-refractivity contribution in [2.24, 2.45) is 5.92 Å². The van der Waals surface area contributed by atoms with Gasteiger partial charge in [-0.15, -0.1) is 11.3 Å². The molecule has 0 N–H and O–H groups in total. The van der Waals surface area contributed by atoms with E-state index in [1.54, 1.807) is 6.08 Å². The van der Waals surface area contributed by atoms with Gasteiger partial charge in [-0.05, 0) is 88.9 Å². The quantitative estimate of drug-likeness (QED) is 0.190. The fourth-order valence-electron chi connectivity index (χ4n) is 3.77. The number of halogens is 1. The lowest BCUT2D eigenvalue weighted by atomic mass is 10.0. The summed E-state index contributed by atoms with van der Waals surface area (Å²) >= 11 is 1.53. The fourth-order valence-corrected chi connectivity index (χ4v) is 5.61. The van der Waals surface area contributed by atoms with E-state index >= 15 is 4.39 Å². The molecular formula is C28H48FNO3SSi. The van der Waals surface area contributed by atoms with Crippen LogP contribution in [0.5, 0.6) is 0 Å². The fraction of sp³-hybridized carbons (Fsp3) is 0.750. The van der Waals surface area contributed by atoms with Crippen LogP contribution in [0.1, 0.15) is 90.3 Å². The van der Waals surface area contributed by atoms with Crippen LogP contribution in [0.15, 0.2) is 22.9 Å². The molecule has 1 aliphatic heterocycles. The zero-order valence-corrected chi connectivity index (χ0v) is 25.1. The summed E-state index contributed by atoms with van der Waals surface area (Å²) in [5.74, 6) is 0.268. The van der Waals surface area contributed by atoms with Gasteiger partial charge in [-0.3, -0.25) is 0 Å². The lowest BCUT2D eigenvalue weighted by Crippen LogP contribution is -2.44. The molecule has 2 heterocycles. The molecule has 1 aliphatic rings. The van der Waals surface area contributed by atoms with Crippen LogP contribution in [-0.2, 0) is 13.9 Å². The number of aryl methyl sites for hydroxylation is 1. The van der Waals surface area contributed by atoms with E-state index in [1.165, 1.54) is 23.3 Å². The summed E-state index contributed by atoms with van der Waals surface area (Å²) in [6.07, 6.45) is 10.2. The van der Waals surface area contributed by atoms with Gasteiger partial charge in [0.25, 0.3) is 0 Å². The third kappa shape index (κ3) is 11.0. The van der Waals surface area contributed by atoms with Crippen molar-refractivity contribution in [1.82, 2.24) is 4.98 Å². The van der Waals surface area contributed by atoms with Crippen molar-refractivity contribution in [2.75, 3.05) is 13.2 Å². The molecular weight excluding hydrogens is 477 g/mol. The minimum absolute atomic E-state index is 0.0122. The number of nitrogens with zero attached hydrogens (tertiary/aromatic N) is 1. The summed E-state index contributed by atoms with van der Waals surface area (Å²) in [5.41, 5.74) is 1.96. The average molecular weight is 526 g/mol. The molecule has 7 heteroatoms. The third-order valence-electron chi connectivity index (χ3n) is 7.13. The van der Waals surface area contributed by atoms with Gasteiger partial charge in [-0.2, -0.15) is 0 Å². The smallest absolute Gasteiger partial charge is 0.193 e. The Bertz CT molecular complexity index is 824. The highest BCUT2D eigenvalue weighted by molar-refractivity contribution is 7.09. The van der Waals surface area contributed by atoms with E-state index in [0.29, 0.717) is 18.0 Å². The highest BCUT2D eigenvalue weighted by Gasteiger charge is 2.39. The van der Waals surface area contributed by atoms with Crippen LogP contribution in [0.4, 0.5) is 4.39 Å². The molecule has 3 atom stereocenters. The predicted octanol–water partition coefficient (Wildman–Crippen LogP) is 8.84. The Kier molecular flexibility index (Phi) is 12.3. The van der Waals surface area contributed by atoms with Crippen LogP contribution in [0, 0.1) is 12.8 Å².